The Bertz CT molecular complexity index is 1260. The maximum Gasteiger partial charge on any atom is 0.281 e. The van der Waals surface area contributed by atoms with E-state index in [0.717, 1.165) is 56.7 Å². The number of aromatic nitrogens is 4. The lowest BCUT2D eigenvalue weighted by molar-refractivity contribution is 0.0977. The lowest BCUT2D eigenvalue weighted by Gasteiger charge is -2.42. The molecule has 1 aliphatic carbocycles. The van der Waals surface area contributed by atoms with Gasteiger partial charge in [-0.2, -0.15) is 5.10 Å². The Kier molecular flexibility index (Phi) is 4.73. The highest BCUT2D eigenvalue weighted by molar-refractivity contribution is 6.07. The molecule has 4 heterocycles. The molecule has 0 saturated carbocycles. The topological polar surface area (TPSA) is 139 Å². The second-order valence-corrected chi connectivity index (χ2v) is 9.57. The molecule has 0 unspecified atom stereocenters. The summed E-state index contributed by atoms with van der Waals surface area (Å²) >= 11 is 0. The van der Waals surface area contributed by atoms with Gasteiger partial charge < -0.3 is 21.5 Å². The maximum atomic E-state index is 13.2. The zero-order chi connectivity index (χ0) is 23.4. The van der Waals surface area contributed by atoms with Gasteiger partial charge in [-0.15, -0.1) is 0 Å². The molecular weight excluding hydrogens is 432 g/mol. The Hall–Kier alpha value is -3.66. The number of amides is 1. The van der Waals surface area contributed by atoms with E-state index in [1.54, 1.807) is 29.4 Å². The second kappa shape index (κ2) is 7.69. The summed E-state index contributed by atoms with van der Waals surface area (Å²) in [6.45, 7) is 2.95. The Morgan fingerprint density at radius 2 is 1.97 bits per heavy atom. The van der Waals surface area contributed by atoms with Crippen molar-refractivity contribution in [1.29, 1.82) is 0 Å². The molecule has 1 amide bonds. The van der Waals surface area contributed by atoms with Gasteiger partial charge >= 0.3 is 0 Å². The largest absolute Gasteiger partial charge is 0.508 e. The fourth-order valence-electron chi connectivity index (χ4n) is 5.79. The number of nitrogens with zero attached hydrogens (tertiary/aromatic N) is 6. The van der Waals surface area contributed by atoms with Crippen LogP contribution in [-0.2, 0) is 13.0 Å². The molecule has 5 N–H and O–H groups in total. The first-order chi connectivity index (χ1) is 16.4. The minimum atomic E-state index is -0.256. The van der Waals surface area contributed by atoms with E-state index >= 15 is 0 Å². The summed E-state index contributed by atoms with van der Waals surface area (Å²) < 4.78 is 1.82. The highest BCUT2D eigenvalue weighted by atomic mass is 16.3. The van der Waals surface area contributed by atoms with Gasteiger partial charge in [0.15, 0.2) is 11.5 Å². The number of nitrogen functional groups attached to an aromatic ring is 1. The Balaban J connectivity index is 1.17. The van der Waals surface area contributed by atoms with Gasteiger partial charge in [-0.05, 0) is 54.4 Å². The molecule has 2 aromatic heterocycles. The van der Waals surface area contributed by atoms with Crippen LogP contribution >= 0.6 is 0 Å². The van der Waals surface area contributed by atoms with Crippen LogP contribution in [0.1, 0.15) is 46.9 Å². The zero-order valence-electron chi connectivity index (χ0n) is 18.9. The molecule has 176 valence electrons. The van der Waals surface area contributed by atoms with Crippen LogP contribution in [0, 0.1) is 5.41 Å². The lowest BCUT2D eigenvalue weighted by Crippen LogP contribution is -2.44. The van der Waals surface area contributed by atoms with Gasteiger partial charge in [-0.1, -0.05) is 6.07 Å². The molecule has 1 spiro atoms. The first kappa shape index (κ1) is 20.9. The average molecular weight is 461 g/mol. The fourth-order valence-corrected chi connectivity index (χ4v) is 5.79. The Morgan fingerprint density at radius 1 is 1.15 bits per heavy atom. The van der Waals surface area contributed by atoms with Crippen LogP contribution in [0.5, 0.6) is 5.75 Å². The SMILES string of the molecule is Nc1nc(N2CCC3(CC2)Cc2ccc(O)cc2[C@H]3N)cnc1C(=O)N1CCCn2nccc21. The van der Waals surface area contributed by atoms with E-state index in [2.05, 4.69) is 20.0 Å². The van der Waals surface area contributed by atoms with E-state index in [0.29, 0.717) is 12.4 Å². The number of piperidine rings is 1. The molecule has 34 heavy (non-hydrogen) atoms. The number of phenols is 1. The standard InChI is InChI=1S/C24H28N8O2/c25-21-17-12-16(33)3-2-15(17)13-24(21)5-10-30(11-6-24)18-14-27-20(22(26)29-18)23(34)31-8-1-9-32-19(31)4-7-28-32/h2-4,7,12,14,21,33H,1,5-6,8-11,13,25H2,(H2,26,29)/t21-/m1/s1. The van der Waals surface area contributed by atoms with Crippen LogP contribution in [0.2, 0.25) is 0 Å². The predicted molar refractivity (Wildman–Crippen MR) is 128 cm³/mol. The van der Waals surface area contributed by atoms with Crippen LogP contribution in [0.25, 0.3) is 0 Å². The molecule has 0 radical (unpaired) electrons. The first-order valence-corrected chi connectivity index (χ1v) is 11.7. The van der Waals surface area contributed by atoms with E-state index in [-0.39, 0.29) is 34.6 Å². The number of nitrogens with two attached hydrogens (primary N) is 2. The van der Waals surface area contributed by atoms with Crippen LogP contribution < -0.4 is 21.3 Å². The van der Waals surface area contributed by atoms with Crippen molar-refractivity contribution < 1.29 is 9.90 Å². The van der Waals surface area contributed by atoms with Gasteiger partial charge in [-0.25, -0.2) is 14.6 Å². The van der Waals surface area contributed by atoms with Gasteiger partial charge in [0.2, 0.25) is 0 Å². The first-order valence-electron chi connectivity index (χ1n) is 11.7. The van der Waals surface area contributed by atoms with Crippen molar-refractivity contribution in [3.63, 3.8) is 0 Å². The highest BCUT2D eigenvalue weighted by Gasteiger charge is 2.46. The maximum absolute atomic E-state index is 13.2. The normalized spacial score (nSPS) is 20.9. The number of hydrogen-bond donors (Lipinski definition) is 3. The van der Waals surface area contributed by atoms with E-state index in [1.165, 1.54) is 5.56 Å². The van der Waals surface area contributed by atoms with Crippen LogP contribution in [-0.4, -0.2) is 50.4 Å². The zero-order valence-corrected chi connectivity index (χ0v) is 18.9. The van der Waals surface area contributed by atoms with Crippen molar-refractivity contribution in [3.8, 4) is 5.75 Å². The van der Waals surface area contributed by atoms with Crippen LogP contribution in [0.3, 0.4) is 0 Å². The third-order valence-corrected chi connectivity index (χ3v) is 7.71. The van der Waals surface area contributed by atoms with Crippen molar-refractivity contribution in [3.05, 3.63) is 53.5 Å². The molecule has 3 aromatic rings. The monoisotopic (exact) mass is 460 g/mol. The van der Waals surface area contributed by atoms with Crippen molar-refractivity contribution >= 4 is 23.4 Å². The van der Waals surface area contributed by atoms with Crippen LogP contribution in [0.15, 0.2) is 36.7 Å². The minimum Gasteiger partial charge on any atom is -0.508 e. The summed E-state index contributed by atoms with van der Waals surface area (Å²) in [4.78, 5) is 26.0. The fraction of sp³-hybridized carbons (Fsp3) is 0.417. The van der Waals surface area contributed by atoms with Gasteiger partial charge in [-0.3, -0.25) is 9.69 Å². The van der Waals surface area contributed by atoms with Crippen molar-refractivity contribution in [1.82, 2.24) is 19.7 Å². The number of anilines is 3. The van der Waals surface area contributed by atoms with Gasteiger partial charge in [0.25, 0.3) is 5.91 Å². The summed E-state index contributed by atoms with van der Waals surface area (Å²) in [7, 11) is 0. The van der Waals surface area contributed by atoms with Gasteiger partial charge in [0, 0.05) is 38.3 Å². The average Bonchev–Trinajstić information content (AvgIpc) is 3.43. The third kappa shape index (κ3) is 3.20. The molecular formula is C24H28N8O2. The number of rotatable bonds is 2. The molecule has 1 fully saturated rings. The van der Waals surface area contributed by atoms with Crippen molar-refractivity contribution in [2.75, 3.05) is 35.2 Å². The predicted octanol–water partition coefficient (Wildman–Crippen LogP) is 1.85. The number of aromatic hydroxyl groups is 1. The van der Waals surface area contributed by atoms with Crippen LogP contribution in [0.4, 0.5) is 17.5 Å². The van der Waals surface area contributed by atoms with Gasteiger partial charge in [0.05, 0.1) is 12.4 Å². The summed E-state index contributed by atoms with van der Waals surface area (Å²) in [6.07, 6.45) is 6.90. The van der Waals surface area contributed by atoms with Crippen molar-refractivity contribution in [2.45, 2.75) is 38.3 Å². The number of carbonyl (C=O) groups is 1. The molecule has 2 aliphatic heterocycles. The smallest absolute Gasteiger partial charge is 0.281 e. The quantitative estimate of drug-likeness (QED) is 0.526. The molecule has 1 saturated heterocycles. The summed E-state index contributed by atoms with van der Waals surface area (Å²) in [5.41, 5.74) is 15.3. The number of hydrogen-bond acceptors (Lipinski definition) is 8. The molecule has 1 atom stereocenters. The van der Waals surface area contributed by atoms with E-state index in [9.17, 15) is 9.90 Å². The summed E-state index contributed by atoms with van der Waals surface area (Å²) in [5.74, 6) is 1.57. The molecule has 10 nitrogen and oxygen atoms in total. The number of carbonyl (C=O) groups excluding carboxylic acids is 1. The minimum absolute atomic E-state index is 0.0152. The molecule has 1 aromatic carbocycles. The number of phenolic OH excluding ortho intramolecular Hbond substituents is 1. The Morgan fingerprint density at radius 3 is 2.76 bits per heavy atom. The second-order valence-electron chi connectivity index (χ2n) is 9.57. The molecule has 6 rings (SSSR count). The van der Waals surface area contributed by atoms with E-state index in [4.69, 9.17) is 11.5 Å². The molecule has 3 aliphatic rings. The van der Waals surface area contributed by atoms with E-state index < -0.39 is 0 Å². The third-order valence-electron chi connectivity index (χ3n) is 7.71. The molecule has 0 bridgehead atoms. The Labute approximate surface area is 197 Å². The summed E-state index contributed by atoms with van der Waals surface area (Å²) in [5, 5.41) is 14.1. The number of fused-ring (bicyclic) bond motifs is 2. The highest BCUT2D eigenvalue weighted by Crippen LogP contribution is 2.51. The summed E-state index contributed by atoms with van der Waals surface area (Å²) in [6, 6.07) is 7.26. The lowest BCUT2D eigenvalue weighted by atomic mass is 9.73. The number of aryl methyl sites for hydroxylation is 1. The number of benzene rings is 1. The molecule has 10 heteroatoms. The van der Waals surface area contributed by atoms with Crippen molar-refractivity contribution in [2.24, 2.45) is 11.1 Å². The van der Waals surface area contributed by atoms with Gasteiger partial charge in [0.1, 0.15) is 17.4 Å². The van der Waals surface area contributed by atoms with E-state index in [1.807, 2.05) is 16.8 Å².